The van der Waals surface area contributed by atoms with E-state index in [-0.39, 0.29) is 5.78 Å². The van der Waals surface area contributed by atoms with Crippen molar-refractivity contribution in [2.24, 2.45) is 0 Å². The Labute approximate surface area is 147 Å². The van der Waals surface area contributed by atoms with Crippen LogP contribution in [0.25, 0.3) is 11.2 Å². The molecule has 0 spiro atoms. The molecule has 0 aliphatic rings. The van der Waals surface area contributed by atoms with Crippen molar-refractivity contribution in [2.45, 2.75) is 19.8 Å². The van der Waals surface area contributed by atoms with Crippen molar-refractivity contribution in [3.8, 4) is 11.5 Å². The van der Waals surface area contributed by atoms with E-state index in [1.54, 1.807) is 0 Å². The summed E-state index contributed by atoms with van der Waals surface area (Å²) < 4.78 is 10.7. The minimum absolute atomic E-state index is 0.184. The van der Waals surface area contributed by atoms with Gasteiger partial charge >= 0.3 is 0 Å². The van der Waals surface area contributed by atoms with E-state index < -0.39 is 0 Å². The van der Waals surface area contributed by atoms with E-state index in [9.17, 15) is 4.79 Å². The molecule has 4 aromatic rings. The number of ketones is 1. The minimum atomic E-state index is 0.184. The maximum absolute atomic E-state index is 11.7. The van der Waals surface area contributed by atoms with Gasteiger partial charge in [-0.25, -0.2) is 0 Å². The van der Waals surface area contributed by atoms with Gasteiger partial charge in [-0.3, -0.25) is 4.79 Å². The average molecular weight is 332 g/mol. The molecule has 0 aliphatic carbocycles. The van der Waals surface area contributed by atoms with Crippen LogP contribution in [0.1, 0.15) is 30.1 Å². The molecule has 3 nitrogen and oxygen atoms in total. The number of carbonyl (C=O) groups excluding carboxylic acids is 1. The maximum atomic E-state index is 11.7. The predicted octanol–water partition coefficient (Wildman–Crippen LogP) is 6.33. The van der Waals surface area contributed by atoms with Crippen molar-refractivity contribution in [2.75, 3.05) is 0 Å². The zero-order chi connectivity index (χ0) is 17.5. The van der Waals surface area contributed by atoms with Crippen LogP contribution in [0.3, 0.4) is 0 Å². The molecule has 0 fully saturated rings. The third kappa shape index (κ3) is 4.70. The van der Waals surface area contributed by atoms with E-state index >= 15 is 0 Å². The Morgan fingerprint density at radius 1 is 0.800 bits per heavy atom. The molecule has 0 radical (unpaired) electrons. The Bertz CT molecular complexity index is 846. The van der Waals surface area contributed by atoms with Gasteiger partial charge < -0.3 is 9.15 Å². The van der Waals surface area contributed by atoms with Gasteiger partial charge in [0.1, 0.15) is 22.7 Å². The summed E-state index contributed by atoms with van der Waals surface area (Å²) in [6.07, 6.45) is 1.47. The van der Waals surface area contributed by atoms with Gasteiger partial charge in [0.15, 0.2) is 5.78 Å². The van der Waals surface area contributed by atoms with Gasteiger partial charge in [0.05, 0.1) is 0 Å². The molecule has 2 heterocycles. The number of benzene rings is 3. The Hall–Kier alpha value is -3.07. The molecule has 0 amide bonds. The first-order valence-electron chi connectivity index (χ1n) is 8.38. The molecule has 0 unspecified atom stereocenters. The van der Waals surface area contributed by atoms with Crippen molar-refractivity contribution in [1.29, 1.82) is 0 Å². The first-order valence-corrected chi connectivity index (χ1v) is 8.38. The highest BCUT2D eigenvalue weighted by Crippen LogP contribution is 2.21. The van der Waals surface area contributed by atoms with E-state index in [4.69, 9.17) is 9.15 Å². The molecule has 0 saturated heterocycles. The Morgan fingerprint density at radius 3 is 1.84 bits per heavy atom. The summed E-state index contributed by atoms with van der Waals surface area (Å²) in [5.74, 6) is 1.73. The number of fused-ring (bicyclic) bond motifs is 2. The van der Waals surface area contributed by atoms with Gasteiger partial charge in [-0.1, -0.05) is 25.1 Å². The second-order valence-electron chi connectivity index (χ2n) is 5.69. The van der Waals surface area contributed by atoms with Crippen LogP contribution < -0.4 is 4.74 Å². The first-order chi connectivity index (χ1) is 12.2. The highest BCUT2D eigenvalue weighted by Gasteiger charge is 2.04. The highest BCUT2D eigenvalue weighted by molar-refractivity contribution is 5.96. The fourth-order valence-electron chi connectivity index (χ4n) is 2.42. The third-order valence-corrected chi connectivity index (χ3v) is 3.69. The molecule has 3 heteroatoms. The molecule has 25 heavy (non-hydrogen) atoms. The average Bonchev–Trinajstić information content (AvgIpc) is 3.30. The monoisotopic (exact) mass is 332 g/mol. The predicted molar refractivity (Wildman–Crippen MR) is 99.6 cm³/mol. The van der Waals surface area contributed by atoms with Crippen LogP contribution in [0.5, 0.6) is 11.5 Å². The molecule has 0 aliphatic heterocycles. The lowest BCUT2D eigenvalue weighted by Crippen LogP contribution is -1.97. The van der Waals surface area contributed by atoms with Crippen molar-refractivity contribution in [3.05, 3.63) is 84.4 Å². The SMILES string of the molecule is CCCC(=O)c1ccc(Oc2ccccc2)cc1.c1cc2ccc1o2. The fraction of sp³-hybridized carbons (Fsp3) is 0.136. The molecular weight excluding hydrogens is 312 g/mol. The summed E-state index contributed by atoms with van der Waals surface area (Å²) in [6.45, 7) is 2.00. The molecule has 2 bridgehead atoms. The largest absolute Gasteiger partial charge is 0.457 e. The summed E-state index contributed by atoms with van der Waals surface area (Å²) in [4.78, 5) is 11.7. The summed E-state index contributed by atoms with van der Waals surface area (Å²) in [5.41, 5.74) is 2.68. The number of ether oxygens (including phenoxy) is 1. The van der Waals surface area contributed by atoms with Crippen molar-refractivity contribution < 1.29 is 13.9 Å². The van der Waals surface area contributed by atoms with Crippen molar-refractivity contribution in [3.63, 3.8) is 0 Å². The standard InChI is InChI=1S/C16H16O2.C6H4O/c1-2-6-16(17)13-9-11-15(12-10-13)18-14-7-4-3-5-8-14;1-2-6-4-3-5(1)7-6/h3-5,7-12H,2,6H2,1H3;1-4H. The highest BCUT2D eigenvalue weighted by atomic mass is 16.5. The fourth-order valence-corrected chi connectivity index (χ4v) is 2.42. The lowest BCUT2D eigenvalue weighted by Gasteiger charge is -2.06. The van der Waals surface area contributed by atoms with Crippen LogP contribution >= 0.6 is 0 Å². The van der Waals surface area contributed by atoms with Crippen LogP contribution in [0.2, 0.25) is 0 Å². The number of Topliss-reactive ketones (excluding diaryl/α,β-unsaturated/α-hetero) is 1. The molecule has 0 N–H and O–H groups in total. The molecular formula is C22H20O3. The summed E-state index contributed by atoms with van der Waals surface area (Å²) >= 11 is 0. The molecule has 2 aromatic carbocycles. The van der Waals surface area contributed by atoms with Gasteiger partial charge in [0, 0.05) is 12.0 Å². The topological polar surface area (TPSA) is 39.4 Å². The van der Waals surface area contributed by atoms with Gasteiger partial charge in [-0.2, -0.15) is 0 Å². The van der Waals surface area contributed by atoms with Gasteiger partial charge in [-0.15, -0.1) is 0 Å². The molecule has 2 aromatic heterocycles. The van der Waals surface area contributed by atoms with Crippen LogP contribution in [-0.4, -0.2) is 5.78 Å². The van der Waals surface area contributed by atoms with Crippen LogP contribution in [-0.2, 0) is 0 Å². The van der Waals surface area contributed by atoms with E-state index in [1.807, 2.05) is 85.8 Å². The second kappa shape index (κ2) is 8.15. The smallest absolute Gasteiger partial charge is 0.162 e. The number of furan rings is 2. The van der Waals surface area contributed by atoms with Crippen LogP contribution in [0.15, 0.2) is 83.3 Å². The summed E-state index contributed by atoms with van der Waals surface area (Å²) in [5, 5.41) is 0. The number of para-hydroxylation sites is 1. The molecule has 0 saturated carbocycles. The lowest BCUT2D eigenvalue weighted by atomic mass is 10.1. The zero-order valence-electron chi connectivity index (χ0n) is 14.1. The van der Waals surface area contributed by atoms with E-state index in [0.717, 1.165) is 34.6 Å². The number of carbonyl (C=O) groups is 1. The summed E-state index contributed by atoms with van der Waals surface area (Å²) in [7, 11) is 0. The Kier molecular flexibility index (Phi) is 5.47. The number of hydrogen-bond acceptors (Lipinski definition) is 3. The molecule has 0 atom stereocenters. The normalized spacial score (nSPS) is 10.3. The molecule has 4 rings (SSSR count). The quantitative estimate of drug-likeness (QED) is 0.401. The van der Waals surface area contributed by atoms with Gasteiger partial charge in [0.25, 0.3) is 0 Å². The van der Waals surface area contributed by atoms with Gasteiger partial charge in [-0.05, 0) is 67.1 Å². The van der Waals surface area contributed by atoms with E-state index in [1.165, 1.54) is 0 Å². The third-order valence-electron chi connectivity index (χ3n) is 3.69. The van der Waals surface area contributed by atoms with E-state index in [0.29, 0.717) is 6.42 Å². The Morgan fingerprint density at radius 2 is 1.36 bits per heavy atom. The minimum Gasteiger partial charge on any atom is -0.457 e. The van der Waals surface area contributed by atoms with Crippen LogP contribution in [0.4, 0.5) is 0 Å². The maximum Gasteiger partial charge on any atom is 0.162 e. The first kappa shape index (κ1) is 16.8. The zero-order valence-corrected chi connectivity index (χ0v) is 14.1. The Balaban J connectivity index is 0.000000213. The lowest BCUT2D eigenvalue weighted by molar-refractivity contribution is 0.0981. The summed E-state index contributed by atoms with van der Waals surface area (Å²) in [6, 6.07) is 24.7. The van der Waals surface area contributed by atoms with E-state index in [2.05, 4.69) is 0 Å². The number of rotatable bonds is 5. The molecule has 126 valence electrons. The number of hydrogen-bond donors (Lipinski definition) is 0. The van der Waals surface area contributed by atoms with Crippen molar-refractivity contribution >= 4 is 16.9 Å². The van der Waals surface area contributed by atoms with Crippen molar-refractivity contribution in [1.82, 2.24) is 0 Å². The van der Waals surface area contributed by atoms with Crippen LogP contribution in [0, 0.1) is 0 Å². The second-order valence-corrected chi connectivity index (χ2v) is 5.69. The van der Waals surface area contributed by atoms with Gasteiger partial charge in [0.2, 0.25) is 0 Å².